The first-order chi connectivity index (χ1) is 15.5. The zero-order valence-electron chi connectivity index (χ0n) is 20.6. The van der Waals surface area contributed by atoms with E-state index in [4.69, 9.17) is 15.2 Å². The van der Waals surface area contributed by atoms with Gasteiger partial charge in [0.2, 0.25) is 5.91 Å². The third kappa shape index (κ3) is 9.95. The minimum Gasteiger partial charge on any atom is -0.490 e. The Morgan fingerprint density at radius 2 is 1.85 bits per heavy atom. The van der Waals surface area contributed by atoms with Crippen molar-refractivity contribution < 1.29 is 14.3 Å². The lowest BCUT2D eigenvalue weighted by Crippen LogP contribution is -2.40. The van der Waals surface area contributed by atoms with Gasteiger partial charge in [-0.3, -0.25) is 9.79 Å². The SMILES string of the molecule is CCOc1ccc(C(C)NC(=NC)NCCCCN2CCC(C(N)=O)CC2)cc1OCC.I. The second-order valence-corrected chi connectivity index (χ2v) is 8.16. The molecule has 1 aliphatic rings. The number of rotatable bonds is 12. The van der Waals surface area contributed by atoms with Crippen LogP contribution >= 0.6 is 24.0 Å². The van der Waals surface area contributed by atoms with Gasteiger partial charge in [-0.05, 0) is 83.8 Å². The smallest absolute Gasteiger partial charge is 0.220 e. The molecular weight excluding hydrogens is 533 g/mol. The number of piperidine rings is 1. The van der Waals surface area contributed by atoms with Crippen molar-refractivity contribution in [1.29, 1.82) is 0 Å². The number of halogens is 1. The highest BCUT2D eigenvalue weighted by atomic mass is 127. The van der Waals surface area contributed by atoms with Gasteiger partial charge >= 0.3 is 0 Å². The van der Waals surface area contributed by atoms with Gasteiger partial charge in [-0.2, -0.15) is 0 Å². The van der Waals surface area contributed by atoms with Gasteiger partial charge in [0.25, 0.3) is 0 Å². The number of guanidine groups is 1. The van der Waals surface area contributed by atoms with Crippen LogP contribution in [0.3, 0.4) is 0 Å². The summed E-state index contributed by atoms with van der Waals surface area (Å²) in [7, 11) is 1.79. The fourth-order valence-electron chi connectivity index (χ4n) is 3.93. The van der Waals surface area contributed by atoms with Crippen molar-refractivity contribution in [3.8, 4) is 11.5 Å². The van der Waals surface area contributed by atoms with Gasteiger partial charge in [-0.1, -0.05) is 6.07 Å². The Morgan fingerprint density at radius 1 is 1.18 bits per heavy atom. The van der Waals surface area contributed by atoms with Gasteiger partial charge in [0, 0.05) is 19.5 Å². The first-order valence-corrected chi connectivity index (χ1v) is 11.9. The number of aliphatic imine (C=N–C) groups is 1. The second kappa shape index (κ2) is 16.0. The van der Waals surface area contributed by atoms with Crippen LogP contribution in [0.4, 0.5) is 0 Å². The van der Waals surface area contributed by atoms with Gasteiger partial charge in [0.1, 0.15) is 0 Å². The largest absolute Gasteiger partial charge is 0.490 e. The Bertz CT molecular complexity index is 739. The summed E-state index contributed by atoms with van der Waals surface area (Å²) in [6.07, 6.45) is 3.94. The number of nitrogens with two attached hydrogens (primary N) is 1. The molecule has 9 heteroatoms. The first kappa shape index (κ1) is 29.3. The third-order valence-electron chi connectivity index (χ3n) is 5.83. The molecule has 2 rings (SSSR count). The number of amides is 1. The third-order valence-corrected chi connectivity index (χ3v) is 5.83. The topological polar surface area (TPSA) is 101 Å². The summed E-state index contributed by atoms with van der Waals surface area (Å²) in [6, 6.07) is 6.12. The van der Waals surface area contributed by atoms with Gasteiger partial charge in [0.05, 0.1) is 19.3 Å². The van der Waals surface area contributed by atoms with E-state index in [0.717, 1.165) is 74.9 Å². The number of hydrogen-bond acceptors (Lipinski definition) is 5. The predicted molar refractivity (Wildman–Crippen MR) is 145 cm³/mol. The number of ether oxygens (including phenoxy) is 2. The molecule has 1 aromatic carbocycles. The molecule has 1 heterocycles. The van der Waals surface area contributed by atoms with Crippen molar-refractivity contribution >= 4 is 35.8 Å². The normalized spacial score (nSPS) is 15.9. The van der Waals surface area contributed by atoms with Gasteiger partial charge in [0.15, 0.2) is 17.5 Å². The quantitative estimate of drug-likeness (QED) is 0.153. The lowest BCUT2D eigenvalue weighted by Gasteiger charge is -2.30. The molecule has 1 amide bonds. The van der Waals surface area contributed by atoms with Gasteiger partial charge in [-0.25, -0.2) is 0 Å². The molecule has 0 bridgehead atoms. The Hall–Kier alpha value is -1.75. The highest BCUT2D eigenvalue weighted by molar-refractivity contribution is 14.0. The Morgan fingerprint density at radius 3 is 2.45 bits per heavy atom. The minimum atomic E-state index is -0.152. The van der Waals surface area contributed by atoms with Crippen LogP contribution in [0.15, 0.2) is 23.2 Å². The molecule has 1 atom stereocenters. The van der Waals surface area contributed by atoms with Crippen molar-refractivity contribution in [2.75, 3.05) is 46.4 Å². The van der Waals surface area contributed by atoms with Gasteiger partial charge in [-0.15, -0.1) is 24.0 Å². The first-order valence-electron chi connectivity index (χ1n) is 11.9. The lowest BCUT2D eigenvalue weighted by molar-refractivity contribution is -0.123. The number of nitrogens with zero attached hydrogens (tertiary/aromatic N) is 2. The molecule has 1 unspecified atom stereocenters. The van der Waals surface area contributed by atoms with Crippen LogP contribution in [0.25, 0.3) is 0 Å². The van der Waals surface area contributed by atoms with Crippen LogP contribution < -0.4 is 25.8 Å². The van der Waals surface area contributed by atoms with Crippen molar-refractivity contribution in [1.82, 2.24) is 15.5 Å². The number of unbranched alkanes of at least 4 members (excludes halogenated alkanes) is 1. The summed E-state index contributed by atoms with van der Waals surface area (Å²) in [5.41, 5.74) is 6.52. The predicted octanol–water partition coefficient (Wildman–Crippen LogP) is 3.31. The highest BCUT2D eigenvalue weighted by Gasteiger charge is 2.22. The average Bonchev–Trinajstić information content (AvgIpc) is 2.79. The zero-order chi connectivity index (χ0) is 23.3. The van der Waals surface area contributed by atoms with Crippen LogP contribution in [-0.4, -0.2) is 63.2 Å². The summed E-state index contributed by atoms with van der Waals surface area (Å²) >= 11 is 0. The summed E-state index contributed by atoms with van der Waals surface area (Å²) in [6.45, 7) is 11.1. The Balaban J connectivity index is 0.00000544. The molecule has 0 spiro atoms. The number of hydrogen-bond donors (Lipinski definition) is 3. The molecule has 4 N–H and O–H groups in total. The number of carbonyl (C=O) groups excluding carboxylic acids is 1. The molecule has 0 saturated carbocycles. The summed E-state index contributed by atoms with van der Waals surface area (Å²) in [4.78, 5) is 18.1. The van der Waals surface area contributed by atoms with Gasteiger partial charge < -0.3 is 30.7 Å². The monoisotopic (exact) mass is 575 g/mol. The molecular formula is C24H42IN5O3. The molecule has 1 aromatic rings. The summed E-state index contributed by atoms with van der Waals surface area (Å²) in [5, 5.41) is 6.85. The maximum absolute atomic E-state index is 11.3. The van der Waals surface area contributed by atoms with Crippen LogP contribution in [0.5, 0.6) is 11.5 Å². The van der Waals surface area contributed by atoms with Crippen LogP contribution in [-0.2, 0) is 4.79 Å². The van der Waals surface area contributed by atoms with E-state index in [1.807, 2.05) is 26.0 Å². The summed E-state index contributed by atoms with van der Waals surface area (Å²) in [5.74, 6) is 2.23. The molecule has 33 heavy (non-hydrogen) atoms. The maximum Gasteiger partial charge on any atom is 0.220 e. The van der Waals surface area contributed by atoms with Crippen molar-refractivity contribution in [3.63, 3.8) is 0 Å². The number of benzene rings is 1. The van der Waals surface area contributed by atoms with Crippen LogP contribution in [0.2, 0.25) is 0 Å². The second-order valence-electron chi connectivity index (χ2n) is 8.16. The lowest BCUT2D eigenvalue weighted by atomic mass is 9.96. The molecule has 1 saturated heterocycles. The summed E-state index contributed by atoms with van der Waals surface area (Å²) < 4.78 is 11.4. The van der Waals surface area contributed by atoms with Crippen molar-refractivity contribution in [3.05, 3.63) is 23.8 Å². The number of nitrogens with one attached hydrogen (secondary N) is 2. The van der Waals surface area contributed by atoms with E-state index in [-0.39, 0.29) is 41.8 Å². The van der Waals surface area contributed by atoms with E-state index in [0.29, 0.717) is 13.2 Å². The molecule has 0 radical (unpaired) electrons. The molecule has 188 valence electrons. The number of likely N-dealkylation sites (tertiary alicyclic amines) is 1. The fraction of sp³-hybridized carbons (Fsp3) is 0.667. The minimum absolute atomic E-state index is 0. The molecule has 1 aliphatic heterocycles. The van der Waals surface area contributed by atoms with E-state index in [1.54, 1.807) is 7.05 Å². The Kier molecular flexibility index (Phi) is 14.2. The van der Waals surface area contributed by atoms with E-state index < -0.39 is 0 Å². The number of primary amides is 1. The highest BCUT2D eigenvalue weighted by Crippen LogP contribution is 2.30. The maximum atomic E-state index is 11.3. The Labute approximate surface area is 216 Å². The zero-order valence-corrected chi connectivity index (χ0v) is 22.9. The van der Waals surface area contributed by atoms with Crippen LogP contribution in [0, 0.1) is 5.92 Å². The molecule has 0 aliphatic carbocycles. The van der Waals surface area contributed by atoms with E-state index in [2.05, 4.69) is 33.5 Å². The molecule has 1 fully saturated rings. The fourth-order valence-corrected chi connectivity index (χ4v) is 3.93. The van der Waals surface area contributed by atoms with E-state index >= 15 is 0 Å². The van der Waals surface area contributed by atoms with Crippen molar-refractivity contribution in [2.24, 2.45) is 16.6 Å². The van der Waals surface area contributed by atoms with E-state index in [9.17, 15) is 4.79 Å². The standard InChI is InChI=1S/C24H41N5O3.HI/c1-5-31-21-10-9-20(17-22(21)32-6-2)18(3)28-24(26-4)27-13-7-8-14-29-15-11-19(12-16-29)23(25)30;/h9-10,17-19H,5-8,11-16H2,1-4H3,(H2,25,30)(H2,26,27,28);1H. The number of carbonyl (C=O) groups is 1. The van der Waals surface area contributed by atoms with Crippen LogP contribution in [0.1, 0.15) is 58.1 Å². The molecule has 0 aromatic heterocycles. The van der Waals surface area contributed by atoms with Crippen molar-refractivity contribution in [2.45, 2.75) is 52.5 Å². The van der Waals surface area contributed by atoms with E-state index in [1.165, 1.54) is 0 Å². The molecule has 8 nitrogen and oxygen atoms in total. The average molecular weight is 576 g/mol.